The van der Waals surface area contributed by atoms with E-state index in [4.69, 9.17) is 15.0 Å². The van der Waals surface area contributed by atoms with Crippen molar-refractivity contribution in [1.29, 1.82) is 0 Å². The number of nitrogens with zero attached hydrogens (tertiary/aromatic N) is 3. The summed E-state index contributed by atoms with van der Waals surface area (Å²) in [4.78, 5) is 15.3. The minimum Gasteiger partial charge on any atom is -0.256 e. The molecule has 0 spiro atoms. The van der Waals surface area contributed by atoms with Crippen LogP contribution in [0, 0.1) is 0 Å². The SMILES string of the molecule is C1=CCCC(c2ccc(-c3cc(-c4ccccc4)ccc3-c3cc(-c4ccc(-c5ccccc5)cc4-c4ccc(-c5ccccc5)nc4)cc(-c4ccc(-c5ccccc5)cc4-c4ccc(-c5ccccc5)nc4)c3)cn2)=C1. The largest absolute Gasteiger partial charge is 0.256 e. The molecule has 368 valence electrons. The Kier molecular flexibility index (Phi) is 13.2. The van der Waals surface area contributed by atoms with Gasteiger partial charge < -0.3 is 0 Å². The van der Waals surface area contributed by atoms with Gasteiger partial charge in [-0.15, -0.1) is 0 Å². The van der Waals surface area contributed by atoms with Crippen LogP contribution < -0.4 is 0 Å². The highest BCUT2D eigenvalue weighted by molar-refractivity contribution is 5.97. The second-order valence-electron chi connectivity index (χ2n) is 19.9. The zero-order chi connectivity index (χ0) is 52.0. The normalized spacial score (nSPS) is 12.0. The Labute approximate surface area is 457 Å². The van der Waals surface area contributed by atoms with E-state index in [1.165, 1.54) is 5.57 Å². The molecule has 13 rings (SSSR count). The third-order valence-corrected chi connectivity index (χ3v) is 15.0. The molecule has 0 N–H and O–H groups in total. The lowest BCUT2D eigenvalue weighted by atomic mass is 9.84. The van der Waals surface area contributed by atoms with E-state index in [0.29, 0.717) is 0 Å². The van der Waals surface area contributed by atoms with E-state index in [1.54, 1.807) is 0 Å². The molecule has 0 unspecified atom stereocenters. The summed E-state index contributed by atoms with van der Waals surface area (Å²) in [6.45, 7) is 0. The predicted molar refractivity (Wildman–Crippen MR) is 326 cm³/mol. The highest BCUT2D eigenvalue weighted by Gasteiger charge is 2.20. The molecule has 3 heteroatoms. The molecule has 1 aliphatic carbocycles. The number of aromatic nitrogens is 3. The fourth-order valence-corrected chi connectivity index (χ4v) is 10.9. The molecule has 0 amide bonds. The van der Waals surface area contributed by atoms with Crippen molar-refractivity contribution in [3.8, 4) is 123 Å². The summed E-state index contributed by atoms with van der Waals surface area (Å²) >= 11 is 0. The van der Waals surface area contributed by atoms with E-state index in [0.717, 1.165) is 141 Å². The molecule has 0 saturated heterocycles. The Bertz CT molecular complexity index is 3920. The molecule has 0 saturated carbocycles. The quantitative estimate of drug-likeness (QED) is 0.122. The Morgan fingerprint density at radius 2 is 0.551 bits per heavy atom. The average molecular weight is 996 g/mol. The maximum atomic E-state index is 5.14. The van der Waals surface area contributed by atoms with Gasteiger partial charge >= 0.3 is 0 Å². The van der Waals surface area contributed by atoms with Crippen LogP contribution in [0.3, 0.4) is 0 Å². The molecule has 3 aromatic heterocycles. The molecule has 12 aromatic rings. The molecule has 0 bridgehead atoms. The first-order valence-electron chi connectivity index (χ1n) is 26.8. The summed E-state index contributed by atoms with van der Waals surface area (Å²) in [6.07, 6.45) is 14.7. The van der Waals surface area contributed by atoms with Crippen molar-refractivity contribution in [1.82, 2.24) is 15.0 Å². The number of hydrogen-bond acceptors (Lipinski definition) is 3. The molecule has 0 atom stereocenters. The number of hydrogen-bond donors (Lipinski definition) is 0. The van der Waals surface area contributed by atoms with E-state index in [1.807, 2.05) is 24.5 Å². The summed E-state index contributed by atoms with van der Waals surface area (Å²) in [5.74, 6) is 0. The molecule has 0 fully saturated rings. The van der Waals surface area contributed by atoms with Gasteiger partial charge in [-0.05, 0) is 156 Å². The Hall–Kier alpha value is -10.1. The zero-order valence-electron chi connectivity index (χ0n) is 43.0. The molecular weight excluding hydrogens is 943 g/mol. The van der Waals surface area contributed by atoms with E-state index in [-0.39, 0.29) is 0 Å². The van der Waals surface area contributed by atoms with Gasteiger partial charge in [0.15, 0.2) is 0 Å². The van der Waals surface area contributed by atoms with Crippen LogP contribution in [0.4, 0.5) is 0 Å². The highest BCUT2D eigenvalue weighted by Crippen LogP contribution is 2.45. The van der Waals surface area contributed by atoms with Gasteiger partial charge in [-0.25, -0.2) is 0 Å². The van der Waals surface area contributed by atoms with Crippen molar-refractivity contribution in [2.45, 2.75) is 12.8 Å². The van der Waals surface area contributed by atoms with Crippen LogP contribution in [0.15, 0.2) is 298 Å². The predicted octanol–water partition coefficient (Wildman–Crippen LogP) is 19.9. The third kappa shape index (κ3) is 9.97. The van der Waals surface area contributed by atoms with Crippen molar-refractivity contribution in [2.75, 3.05) is 0 Å². The fourth-order valence-electron chi connectivity index (χ4n) is 10.9. The zero-order valence-corrected chi connectivity index (χ0v) is 43.0. The summed E-state index contributed by atoms with van der Waals surface area (Å²) < 4.78 is 0. The fraction of sp³-hybridized carbons (Fsp3) is 0.0267. The lowest BCUT2D eigenvalue weighted by molar-refractivity contribution is 1.04. The van der Waals surface area contributed by atoms with Crippen molar-refractivity contribution < 1.29 is 0 Å². The summed E-state index contributed by atoms with van der Waals surface area (Å²) in [7, 11) is 0. The molecule has 3 heterocycles. The van der Waals surface area contributed by atoms with E-state index in [2.05, 4.69) is 273 Å². The summed E-state index contributed by atoms with van der Waals surface area (Å²) in [5.41, 5.74) is 26.2. The van der Waals surface area contributed by atoms with Crippen molar-refractivity contribution in [3.05, 3.63) is 303 Å². The third-order valence-electron chi connectivity index (χ3n) is 15.0. The van der Waals surface area contributed by atoms with Gasteiger partial charge in [-0.3, -0.25) is 15.0 Å². The second-order valence-corrected chi connectivity index (χ2v) is 19.9. The molecule has 0 aliphatic heterocycles. The van der Waals surface area contributed by atoms with Gasteiger partial charge in [0.05, 0.1) is 17.1 Å². The maximum Gasteiger partial charge on any atom is 0.0702 e. The molecule has 0 radical (unpaired) electrons. The highest BCUT2D eigenvalue weighted by atomic mass is 14.7. The molecule has 9 aromatic carbocycles. The van der Waals surface area contributed by atoms with E-state index < -0.39 is 0 Å². The van der Waals surface area contributed by atoms with Gasteiger partial charge in [0, 0.05) is 46.4 Å². The second kappa shape index (κ2) is 21.6. The lowest BCUT2D eigenvalue weighted by Gasteiger charge is -2.20. The first kappa shape index (κ1) is 47.6. The van der Waals surface area contributed by atoms with Gasteiger partial charge in [0.1, 0.15) is 0 Å². The number of benzene rings is 9. The summed E-state index contributed by atoms with van der Waals surface area (Å²) in [6, 6.07) is 93.8. The Morgan fingerprint density at radius 1 is 0.231 bits per heavy atom. The Morgan fingerprint density at radius 3 is 0.859 bits per heavy atom. The van der Waals surface area contributed by atoms with E-state index >= 15 is 0 Å². The molecule has 3 nitrogen and oxygen atoms in total. The first-order chi connectivity index (χ1) is 38.6. The summed E-state index contributed by atoms with van der Waals surface area (Å²) in [5, 5.41) is 0. The number of rotatable bonds is 12. The topological polar surface area (TPSA) is 38.7 Å². The lowest BCUT2D eigenvalue weighted by Crippen LogP contribution is -1.95. The van der Waals surface area contributed by atoms with Gasteiger partial charge in [-0.1, -0.05) is 224 Å². The number of allylic oxidation sites excluding steroid dienone is 4. The molecule has 78 heavy (non-hydrogen) atoms. The van der Waals surface area contributed by atoms with Crippen LogP contribution >= 0.6 is 0 Å². The first-order valence-corrected chi connectivity index (χ1v) is 26.8. The molecule has 1 aliphatic rings. The van der Waals surface area contributed by atoms with Crippen molar-refractivity contribution in [2.24, 2.45) is 0 Å². The monoisotopic (exact) mass is 995 g/mol. The van der Waals surface area contributed by atoms with Gasteiger partial charge in [0.2, 0.25) is 0 Å². The standard InChI is InChI=1S/C75H53N3/c1-7-19-52(20-8-1)58-31-37-67(70(46-58)61-34-40-73(76-49-61)55-25-13-4-14-26-55)64-43-65(68-38-32-59(53-21-9-2-10-22-53)47-71(68)62-35-41-74(77-50-62)56-27-15-5-16-28-56)45-66(44-64)69-39-33-60(54-23-11-3-12-24-54)48-72(69)63-36-42-75(78-51-63)57-29-17-6-18-30-57/h1-17,19-29,31-51H,18,30H2. The smallest absolute Gasteiger partial charge is 0.0702 e. The van der Waals surface area contributed by atoms with Crippen LogP contribution in [0.1, 0.15) is 18.5 Å². The number of pyridine rings is 3. The molecular formula is C75H53N3. The van der Waals surface area contributed by atoms with Crippen molar-refractivity contribution >= 4 is 5.57 Å². The van der Waals surface area contributed by atoms with E-state index in [9.17, 15) is 0 Å². The van der Waals surface area contributed by atoms with Crippen LogP contribution in [0.25, 0.3) is 128 Å². The maximum absolute atomic E-state index is 5.14. The minimum atomic E-state index is 0.934. The average Bonchev–Trinajstić information content (AvgIpc) is 3.68. The van der Waals surface area contributed by atoms with Crippen LogP contribution in [0.2, 0.25) is 0 Å². The van der Waals surface area contributed by atoms with Crippen LogP contribution in [-0.4, -0.2) is 15.0 Å². The van der Waals surface area contributed by atoms with Crippen LogP contribution in [0.5, 0.6) is 0 Å². The van der Waals surface area contributed by atoms with Crippen molar-refractivity contribution in [3.63, 3.8) is 0 Å². The van der Waals surface area contributed by atoms with Gasteiger partial charge in [0.25, 0.3) is 0 Å². The van der Waals surface area contributed by atoms with Gasteiger partial charge in [-0.2, -0.15) is 0 Å². The minimum absolute atomic E-state index is 0.934. The van der Waals surface area contributed by atoms with Crippen LogP contribution in [-0.2, 0) is 0 Å². The Balaban J connectivity index is 1.05.